The first-order valence-corrected chi connectivity index (χ1v) is 7.42. The number of rotatable bonds is 5. The molecular weight excluding hydrogens is 308 g/mol. The van der Waals surface area contributed by atoms with Gasteiger partial charge in [-0.3, -0.25) is 4.79 Å². The minimum absolute atomic E-state index is 0.120. The van der Waals surface area contributed by atoms with E-state index in [9.17, 15) is 9.59 Å². The third-order valence-corrected chi connectivity index (χ3v) is 3.76. The van der Waals surface area contributed by atoms with Crippen molar-refractivity contribution in [2.45, 2.75) is 6.92 Å². The molecule has 0 saturated heterocycles. The van der Waals surface area contributed by atoms with Gasteiger partial charge in [0.25, 0.3) is 0 Å². The fourth-order valence-corrected chi connectivity index (χ4v) is 2.45. The molecule has 2 aromatic carbocycles. The molecule has 24 heavy (non-hydrogen) atoms. The summed E-state index contributed by atoms with van der Waals surface area (Å²) in [5.74, 6) is -0.272. The van der Waals surface area contributed by atoms with Crippen molar-refractivity contribution in [2.75, 3.05) is 13.7 Å². The van der Waals surface area contributed by atoms with Gasteiger partial charge in [-0.2, -0.15) is 0 Å². The molecule has 3 rings (SSSR count). The van der Waals surface area contributed by atoms with Gasteiger partial charge in [-0.05, 0) is 25.1 Å². The number of methoxy groups -OCH3 is 1. The van der Waals surface area contributed by atoms with Gasteiger partial charge in [-0.25, -0.2) is 4.79 Å². The number of fused-ring (bicyclic) bond motifs is 1. The van der Waals surface area contributed by atoms with Gasteiger partial charge in [0.2, 0.25) is 5.76 Å². The van der Waals surface area contributed by atoms with Gasteiger partial charge < -0.3 is 13.9 Å². The molecule has 5 nitrogen and oxygen atoms in total. The number of esters is 1. The largest absolute Gasteiger partial charge is 0.497 e. The lowest BCUT2D eigenvalue weighted by Crippen LogP contribution is -2.14. The van der Waals surface area contributed by atoms with Crippen molar-refractivity contribution in [1.82, 2.24) is 0 Å². The first-order valence-electron chi connectivity index (χ1n) is 7.42. The second-order valence-corrected chi connectivity index (χ2v) is 5.28. The fourth-order valence-electron chi connectivity index (χ4n) is 2.45. The van der Waals surface area contributed by atoms with E-state index in [0.717, 1.165) is 5.39 Å². The number of hydrogen-bond acceptors (Lipinski definition) is 5. The minimum atomic E-state index is -0.653. The maximum Gasteiger partial charge on any atom is 0.375 e. The molecule has 0 aliphatic rings. The van der Waals surface area contributed by atoms with E-state index in [1.54, 1.807) is 37.3 Å². The number of para-hydroxylation sites is 1. The zero-order valence-electron chi connectivity index (χ0n) is 13.4. The van der Waals surface area contributed by atoms with E-state index in [4.69, 9.17) is 13.9 Å². The number of aryl methyl sites for hydroxylation is 1. The van der Waals surface area contributed by atoms with Gasteiger partial charge in [0.05, 0.1) is 7.11 Å². The van der Waals surface area contributed by atoms with Crippen LogP contribution in [0.2, 0.25) is 0 Å². The number of hydrogen-bond donors (Lipinski definition) is 0. The Morgan fingerprint density at radius 1 is 1.08 bits per heavy atom. The van der Waals surface area contributed by atoms with Gasteiger partial charge in [-0.15, -0.1) is 0 Å². The first-order chi connectivity index (χ1) is 11.6. The standard InChI is InChI=1S/C19H16O5/c1-12-15-8-3-4-9-17(15)24-18(12)19(21)23-11-16(20)13-6-5-7-14(10-13)22-2/h3-10H,11H2,1-2H3. The molecule has 0 bridgehead atoms. The van der Waals surface area contributed by atoms with Crippen molar-refractivity contribution >= 4 is 22.7 Å². The number of ketones is 1. The number of ether oxygens (including phenoxy) is 2. The van der Waals surface area contributed by atoms with Crippen LogP contribution in [0.4, 0.5) is 0 Å². The molecule has 0 spiro atoms. The Kier molecular flexibility index (Phi) is 4.33. The first kappa shape index (κ1) is 15.8. The van der Waals surface area contributed by atoms with E-state index in [0.29, 0.717) is 22.5 Å². The number of furan rings is 1. The molecule has 0 unspecified atom stereocenters. The highest BCUT2D eigenvalue weighted by molar-refractivity contribution is 6.00. The number of carbonyl (C=O) groups is 2. The van der Waals surface area contributed by atoms with Gasteiger partial charge in [-0.1, -0.05) is 30.3 Å². The van der Waals surface area contributed by atoms with E-state index < -0.39 is 5.97 Å². The Bertz CT molecular complexity index is 907. The van der Waals surface area contributed by atoms with E-state index in [1.165, 1.54) is 7.11 Å². The van der Waals surface area contributed by atoms with Gasteiger partial charge in [0.1, 0.15) is 11.3 Å². The minimum Gasteiger partial charge on any atom is -0.497 e. The summed E-state index contributed by atoms with van der Waals surface area (Å²) in [5.41, 5.74) is 1.73. The SMILES string of the molecule is COc1cccc(C(=O)COC(=O)c2oc3ccccc3c2C)c1. The van der Waals surface area contributed by atoms with Crippen LogP contribution in [-0.2, 0) is 4.74 Å². The Morgan fingerprint density at radius 3 is 2.62 bits per heavy atom. The molecule has 1 heterocycles. The van der Waals surface area contributed by atoms with Crippen LogP contribution in [0, 0.1) is 6.92 Å². The number of benzene rings is 2. The normalized spacial score (nSPS) is 10.6. The van der Waals surface area contributed by atoms with Crippen LogP contribution in [-0.4, -0.2) is 25.5 Å². The predicted molar refractivity (Wildman–Crippen MR) is 88.6 cm³/mol. The third kappa shape index (κ3) is 3.01. The molecule has 1 aromatic heterocycles. The van der Waals surface area contributed by atoms with E-state index in [2.05, 4.69) is 0 Å². The lowest BCUT2D eigenvalue weighted by atomic mass is 10.1. The lowest BCUT2D eigenvalue weighted by Gasteiger charge is -2.05. The average Bonchev–Trinajstić information content (AvgIpc) is 2.96. The van der Waals surface area contributed by atoms with Crippen molar-refractivity contribution in [2.24, 2.45) is 0 Å². The molecule has 0 aliphatic carbocycles. The molecular formula is C19H16O5. The molecule has 0 fully saturated rings. The quantitative estimate of drug-likeness (QED) is 0.528. The molecule has 0 N–H and O–H groups in total. The molecule has 0 saturated carbocycles. The van der Waals surface area contributed by atoms with E-state index in [-0.39, 0.29) is 18.2 Å². The summed E-state index contributed by atoms with van der Waals surface area (Å²) in [5, 5.41) is 0.851. The maximum atomic E-state index is 12.2. The highest BCUT2D eigenvalue weighted by Crippen LogP contribution is 2.25. The lowest BCUT2D eigenvalue weighted by molar-refractivity contribution is 0.0445. The van der Waals surface area contributed by atoms with Gasteiger partial charge in [0, 0.05) is 16.5 Å². The monoisotopic (exact) mass is 324 g/mol. The second-order valence-electron chi connectivity index (χ2n) is 5.28. The summed E-state index contributed by atoms with van der Waals surface area (Å²) >= 11 is 0. The topological polar surface area (TPSA) is 65.7 Å². The fraction of sp³-hybridized carbons (Fsp3) is 0.158. The number of Topliss-reactive ketones (excluding diaryl/α,β-unsaturated/α-hetero) is 1. The summed E-state index contributed by atoms with van der Waals surface area (Å²) in [6, 6.07) is 14.0. The predicted octanol–water partition coefficient (Wildman–Crippen LogP) is 3.79. The average molecular weight is 324 g/mol. The van der Waals surface area contributed by atoms with Crippen LogP contribution in [0.3, 0.4) is 0 Å². The molecule has 0 radical (unpaired) electrons. The smallest absolute Gasteiger partial charge is 0.375 e. The van der Waals surface area contributed by atoms with Crippen LogP contribution in [0.1, 0.15) is 26.5 Å². The number of carbonyl (C=O) groups excluding carboxylic acids is 2. The molecule has 0 amide bonds. The third-order valence-electron chi connectivity index (χ3n) is 3.76. The van der Waals surface area contributed by atoms with Crippen molar-refractivity contribution < 1.29 is 23.5 Å². The summed E-state index contributed by atoms with van der Waals surface area (Å²) in [4.78, 5) is 24.3. The van der Waals surface area contributed by atoms with Crippen molar-refractivity contribution in [3.63, 3.8) is 0 Å². The van der Waals surface area contributed by atoms with Crippen LogP contribution < -0.4 is 4.74 Å². The Balaban J connectivity index is 1.72. The summed E-state index contributed by atoms with van der Waals surface area (Å²) < 4.78 is 15.7. The Morgan fingerprint density at radius 2 is 1.88 bits per heavy atom. The Hall–Kier alpha value is -3.08. The molecule has 0 atom stereocenters. The highest BCUT2D eigenvalue weighted by atomic mass is 16.5. The summed E-state index contributed by atoms with van der Waals surface area (Å²) in [6.07, 6.45) is 0. The zero-order chi connectivity index (χ0) is 17.1. The molecule has 0 aliphatic heterocycles. The van der Waals surface area contributed by atoms with Crippen LogP contribution >= 0.6 is 0 Å². The van der Waals surface area contributed by atoms with Crippen LogP contribution in [0.15, 0.2) is 52.9 Å². The molecule has 3 aromatic rings. The maximum absolute atomic E-state index is 12.2. The zero-order valence-corrected chi connectivity index (χ0v) is 13.4. The summed E-state index contributed by atoms with van der Waals surface area (Å²) in [7, 11) is 1.52. The van der Waals surface area contributed by atoms with Crippen molar-refractivity contribution in [3.05, 3.63) is 65.4 Å². The van der Waals surface area contributed by atoms with Crippen LogP contribution in [0.25, 0.3) is 11.0 Å². The van der Waals surface area contributed by atoms with E-state index >= 15 is 0 Å². The Labute approximate surface area is 138 Å². The van der Waals surface area contributed by atoms with Crippen molar-refractivity contribution in [3.8, 4) is 5.75 Å². The van der Waals surface area contributed by atoms with Gasteiger partial charge >= 0.3 is 5.97 Å². The van der Waals surface area contributed by atoms with Gasteiger partial charge in [0.15, 0.2) is 12.4 Å². The summed E-state index contributed by atoms with van der Waals surface area (Å²) in [6.45, 7) is 1.43. The van der Waals surface area contributed by atoms with E-state index in [1.807, 2.05) is 18.2 Å². The molecule has 5 heteroatoms. The second kappa shape index (κ2) is 6.58. The highest BCUT2D eigenvalue weighted by Gasteiger charge is 2.20. The van der Waals surface area contributed by atoms with Crippen LogP contribution in [0.5, 0.6) is 5.75 Å². The molecule has 122 valence electrons. The van der Waals surface area contributed by atoms with Crippen molar-refractivity contribution in [1.29, 1.82) is 0 Å².